The number of halogens is 9. The van der Waals surface area contributed by atoms with Crippen LogP contribution in [-0.2, 0) is 25.7 Å². The number of pyridine rings is 1. The predicted molar refractivity (Wildman–Crippen MR) is 128 cm³/mol. The van der Waals surface area contributed by atoms with Crippen molar-refractivity contribution in [3.63, 3.8) is 0 Å². The molecule has 10 nitrogen and oxygen atoms in total. The van der Waals surface area contributed by atoms with Crippen LogP contribution in [0.25, 0.3) is 0 Å². The number of carbonyl (C=O) groups is 3. The quantitative estimate of drug-likeness (QED) is 0.411. The number of rotatable bonds is 3. The second kappa shape index (κ2) is 16.0. The molecular formula is C24H30F9N3O7. The third kappa shape index (κ3) is 14.2. The number of hydrogen-bond acceptors (Lipinski definition) is 7. The molecule has 3 saturated heterocycles. The zero-order valence-corrected chi connectivity index (χ0v) is 22.4. The van der Waals surface area contributed by atoms with Gasteiger partial charge in [0.1, 0.15) is 0 Å². The van der Waals surface area contributed by atoms with Crippen molar-refractivity contribution in [1.82, 2.24) is 14.8 Å². The summed E-state index contributed by atoms with van der Waals surface area (Å²) >= 11 is 0. The van der Waals surface area contributed by atoms with Gasteiger partial charge in [0.2, 0.25) is 0 Å². The van der Waals surface area contributed by atoms with Crippen LogP contribution >= 0.6 is 0 Å². The average Bonchev–Trinajstić information content (AvgIpc) is 3.57. The van der Waals surface area contributed by atoms with Crippen LogP contribution in [-0.4, -0.2) is 111 Å². The largest absolute Gasteiger partial charge is 0.490 e. The standard InChI is InChI=1S/C18H27N3O.3C2HF3O2/c1-2-8-19-16(5-1)14-20-11-6-18(7-12-20)13-17(15-22-18)21-9-3-4-10-21;3*3-2(4,5)1(6)7/h1-2,5,8,17H,3-4,6-7,9-15H2;3*(H,6,7). The molecule has 3 fully saturated rings. The molecule has 1 spiro atoms. The molecule has 3 N–H and O–H groups in total. The van der Waals surface area contributed by atoms with Crippen molar-refractivity contribution in [3.05, 3.63) is 30.1 Å². The summed E-state index contributed by atoms with van der Waals surface area (Å²) in [7, 11) is 0. The number of likely N-dealkylation sites (tertiary alicyclic amines) is 2. The van der Waals surface area contributed by atoms with Gasteiger partial charge in [-0.05, 0) is 57.3 Å². The lowest BCUT2D eigenvalue weighted by molar-refractivity contribution is -0.193. The van der Waals surface area contributed by atoms with Crippen molar-refractivity contribution >= 4 is 17.9 Å². The van der Waals surface area contributed by atoms with E-state index in [2.05, 4.69) is 26.9 Å². The first kappa shape index (κ1) is 37.8. The number of nitrogens with zero attached hydrogens (tertiary/aromatic N) is 3. The van der Waals surface area contributed by atoms with E-state index in [4.69, 9.17) is 34.4 Å². The molecule has 246 valence electrons. The third-order valence-electron chi connectivity index (χ3n) is 6.45. The maximum atomic E-state index is 10.6. The van der Waals surface area contributed by atoms with Gasteiger partial charge in [0.05, 0.1) is 17.9 Å². The van der Waals surface area contributed by atoms with Crippen LogP contribution < -0.4 is 0 Å². The van der Waals surface area contributed by atoms with Crippen molar-refractivity contribution in [3.8, 4) is 0 Å². The van der Waals surface area contributed by atoms with Gasteiger partial charge in [0, 0.05) is 31.9 Å². The van der Waals surface area contributed by atoms with Crippen LogP contribution in [0.4, 0.5) is 39.5 Å². The molecule has 19 heteroatoms. The molecule has 0 radical (unpaired) electrons. The Balaban J connectivity index is 0.000000363. The van der Waals surface area contributed by atoms with E-state index in [0.717, 1.165) is 26.2 Å². The zero-order chi connectivity index (χ0) is 33.1. The third-order valence-corrected chi connectivity index (χ3v) is 6.45. The van der Waals surface area contributed by atoms with Crippen LogP contribution in [0.3, 0.4) is 0 Å². The van der Waals surface area contributed by atoms with Gasteiger partial charge in [-0.25, -0.2) is 14.4 Å². The fraction of sp³-hybridized carbons (Fsp3) is 0.667. The van der Waals surface area contributed by atoms with Crippen LogP contribution in [0.5, 0.6) is 0 Å². The zero-order valence-electron chi connectivity index (χ0n) is 22.4. The Kier molecular flexibility index (Phi) is 14.1. The fourth-order valence-corrected chi connectivity index (χ4v) is 4.35. The SMILES string of the molecule is O=C(O)C(F)(F)F.O=C(O)C(F)(F)F.O=C(O)C(F)(F)F.c1ccc(CN2CCC3(CC2)CC(N2CCCC2)CO3)nc1. The lowest BCUT2D eigenvalue weighted by Gasteiger charge is -2.38. The molecule has 0 aromatic carbocycles. The van der Waals surface area contributed by atoms with Gasteiger partial charge in [-0.15, -0.1) is 0 Å². The first-order chi connectivity index (χ1) is 19.7. The predicted octanol–water partition coefficient (Wildman–Crippen LogP) is 4.20. The minimum atomic E-state index is -5.08. The smallest absolute Gasteiger partial charge is 0.475 e. The highest BCUT2D eigenvalue weighted by atomic mass is 19.4. The van der Waals surface area contributed by atoms with E-state index in [1.54, 1.807) is 0 Å². The van der Waals surface area contributed by atoms with Gasteiger partial charge in [-0.2, -0.15) is 39.5 Å². The summed E-state index contributed by atoms with van der Waals surface area (Å²) in [5.74, 6) is -8.27. The monoisotopic (exact) mass is 643 g/mol. The Morgan fingerprint density at radius 2 is 1.26 bits per heavy atom. The number of ether oxygens (including phenoxy) is 1. The molecule has 43 heavy (non-hydrogen) atoms. The van der Waals surface area contributed by atoms with E-state index in [1.807, 2.05) is 12.3 Å². The topological polar surface area (TPSA) is 140 Å². The second-order valence-corrected chi connectivity index (χ2v) is 9.60. The Morgan fingerprint density at radius 3 is 1.63 bits per heavy atom. The summed E-state index contributed by atoms with van der Waals surface area (Å²) in [5, 5.41) is 21.4. The highest BCUT2D eigenvalue weighted by Crippen LogP contribution is 2.38. The molecule has 3 aliphatic heterocycles. The highest BCUT2D eigenvalue weighted by molar-refractivity contribution is 5.73. The van der Waals surface area contributed by atoms with Crippen molar-refractivity contribution in [2.45, 2.75) is 68.8 Å². The second-order valence-electron chi connectivity index (χ2n) is 9.60. The summed E-state index contributed by atoms with van der Waals surface area (Å²) in [6, 6.07) is 6.87. The molecule has 1 aromatic heterocycles. The van der Waals surface area contributed by atoms with Gasteiger partial charge in [0.15, 0.2) is 0 Å². The number of alkyl halides is 9. The average molecular weight is 643 g/mol. The van der Waals surface area contributed by atoms with Crippen molar-refractivity contribution in [1.29, 1.82) is 0 Å². The minimum absolute atomic E-state index is 0.174. The molecule has 1 unspecified atom stereocenters. The maximum Gasteiger partial charge on any atom is 0.490 e. The van der Waals surface area contributed by atoms with Crippen molar-refractivity contribution < 1.29 is 74.0 Å². The van der Waals surface area contributed by atoms with E-state index >= 15 is 0 Å². The van der Waals surface area contributed by atoms with E-state index in [0.29, 0.717) is 6.04 Å². The molecular weight excluding hydrogens is 613 g/mol. The van der Waals surface area contributed by atoms with Gasteiger partial charge in [-0.1, -0.05) is 6.07 Å². The lowest BCUT2D eigenvalue weighted by Crippen LogP contribution is -2.44. The number of aromatic nitrogens is 1. The first-order valence-corrected chi connectivity index (χ1v) is 12.6. The minimum Gasteiger partial charge on any atom is -0.475 e. The fourth-order valence-electron chi connectivity index (χ4n) is 4.35. The number of aliphatic carboxylic acids is 3. The highest BCUT2D eigenvalue weighted by Gasteiger charge is 2.44. The van der Waals surface area contributed by atoms with Crippen LogP contribution in [0.2, 0.25) is 0 Å². The van der Waals surface area contributed by atoms with E-state index in [9.17, 15) is 39.5 Å². The van der Waals surface area contributed by atoms with Gasteiger partial charge in [0.25, 0.3) is 0 Å². The van der Waals surface area contributed by atoms with Gasteiger partial charge >= 0.3 is 36.4 Å². The Hall–Kier alpha value is -3.19. The Morgan fingerprint density at radius 1 is 0.814 bits per heavy atom. The molecule has 1 atom stereocenters. The molecule has 0 aliphatic carbocycles. The molecule has 4 heterocycles. The molecule has 1 aromatic rings. The molecule has 4 rings (SSSR count). The summed E-state index contributed by atoms with van der Waals surface area (Å²) in [5.41, 5.74) is 1.36. The van der Waals surface area contributed by atoms with Crippen molar-refractivity contribution in [2.75, 3.05) is 32.8 Å². The first-order valence-electron chi connectivity index (χ1n) is 12.6. The van der Waals surface area contributed by atoms with Crippen LogP contribution in [0.1, 0.15) is 37.8 Å². The summed E-state index contributed by atoms with van der Waals surface area (Å²) in [6.45, 7) is 6.80. The Bertz CT molecular complexity index is 967. The van der Waals surface area contributed by atoms with Crippen LogP contribution in [0.15, 0.2) is 24.4 Å². The number of hydrogen-bond donors (Lipinski definition) is 3. The summed E-state index contributed by atoms with van der Waals surface area (Å²) in [4.78, 5) is 36.3. The normalized spacial score (nSPS) is 20.5. The Labute approximate surface area is 239 Å². The number of carboxylic acid groups (broad SMARTS) is 3. The number of carboxylic acids is 3. The number of piperidine rings is 1. The lowest BCUT2D eigenvalue weighted by atomic mass is 9.87. The van der Waals surface area contributed by atoms with E-state index in [-0.39, 0.29) is 5.60 Å². The van der Waals surface area contributed by atoms with Gasteiger partial charge in [-0.3, -0.25) is 14.8 Å². The molecule has 0 bridgehead atoms. The van der Waals surface area contributed by atoms with Crippen molar-refractivity contribution in [2.24, 2.45) is 0 Å². The van der Waals surface area contributed by atoms with Gasteiger partial charge < -0.3 is 20.1 Å². The van der Waals surface area contributed by atoms with E-state index in [1.165, 1.54) is 50.9 Å². The summed E-state index contributed by atoms with van der Waals surface area (Å²) < 4.78 is 102. The molecule has 0 amide bonds. The summed E-state index contributed by atoms with van der Waals surface area (Å²) in [6.07, 6.45) is -6.98. The van der Waals surface area contributed by atoms with E-state index < -0.39 is 36.4 Å². The molecule has 3 aliphatic rings. The molecule has 0 saturated carbocycles. The maximum absolute atomic E-state index is 10.6. The van der Waals surface area contributed by atoms with Crippen LogP contribution in [0, 0.1) is 0 Å².